The van der Waals surface area contributed by atoms with E-state index in [0.717, 1.165) is 60.5 Å². The summed E-state index contributed by atoms with van der Waals surface area (Å²) in [5, 5.41) is 6.52. The van der Waals surface area contributed by atoms with Crippen LogP contribution in [0, 0.1) is 0 Å². The minimum absolute atomic E-state index is 0.600. The molecular weight excluding hydrogens is 623 g/mol. The molecule has 4 nitrogen and oxygen atoms in total. The van der Waals surface area contributed by atoms with E-state index in [1.165, 1.54) is 21.9 Å². The average molecular weight is 652 g/mol. The molecular formula is C47H29N3O. The van der Waals surface area contributed by atoms with Crippen molar-refractivity contribution in [2.75, 3.05) is 0 Å². The third-order valence-corrected chi connectivity index (χ3v) is 9.70. The summed E-state index contributed by atoms with van der Waals surface area (Å²) in [5.74, 6) is 1.85. The van der Waals surface area contributed by atoms with Crippen molar-refractivity contribution in [3.63, 3.8) is 0 Å². The first-order chi connectivity index (χ1) is 25.3. The van der Waals surface area contributed by atoms with Crippen molar-refractivity contribution < 1.29 is 4.42 Å². The van der Waals surface area contributed by atoms with Gasteiger partial charge in [-0.3, -0.25) is 0 Å². The predicted octanol–water partition coefficient (Wildman–Crippen LogP) is 12.4. The first-order valence-electron chi connectivity index (χ1n) is 17.1. The molecule has 0 radical (unpaired) electrons. The van der Waals surface area contributed by atoms with E-state index in [9.17, 15) is 0 Å². The molecule has 8 aromatic carbocycles. The highest BCUT2D eigenvalue weighted by molar-refractivity contribution is 6.22. The molecule has 51 heavy (non-hydrogen) atoms. The first-order valence-corrected chi connectivity index (χ1v) is 17.1. The van der Waals surface area contributed by atoms with E-state index in [4.69, 9.17) is 19.4 Å². The zero-order chi connectivity index (χ0) is 33.7. The molecule has 0 atom stereocenters. The molecule has 0 aliphatic heterocycles. The molecule has 2 aromatic heterocycles. The average Bonchev–Trinajstić information content (AvgIpc) is 3.61. The number of hydrogen-bond acceptors (Lipinski definition) is 4. The number of hydrogen-bond donors (Lipinski definition) is 0. The largest absolute Gasteiger partial charge is 0.455 e. The second kappa shape index (κ2) is 11.9. The van der Waals surface area contributed by atoms with Crippen molar-refractivity contribution >= 4 is 43.5 Å². The van der Waals surface area contributed by atoms with E-state index in [0.29, 0.717) is 17.5 Å². The van der Waals surface area contributed by atoms with Crippen LogP contribution in [0.2, 0.25) is 0 Å². The van der Waals surface area contributed by atoms with Crippen LogP contribution < -0.4 is 0 Å². The first kappa shape index (κ1) is 29.0. The molecule has 0 spiro atoms. The summed E-state index contributed by atoms with van der Waals surface area (Å²) in [6.07, 6.45) is 0. The molecule has 0 aliphatic rings. The molecule has 0 fully saturated rings. The molecule has 238 valence electrons. The van der Waals surface area contributed by atoms with Crippen LogP contribution in [0.1, 0.15) is 0 Å². The minimum atomic E-state index is 0.600. The van der Waals surface area contributed by atoms with Gasteiger partial charge in [-0.05, 0) is 62.7 Å². The van der Waals surface area contributed by atoms with Crippen molar-refractivity contribution in [2.24, 2.45) is 0 Å². The molecule has 0 aliphatic carbocycles. The van der Waals surface area contributed by atoms with Gasteiger partial charge in [0.2, 0.25) is 0 Å². The van der Waals surface area contributed by atoms with Crippen LogP contribution in [-0.4, -0.2) is 15.0 Å². The Bertz CT molecular complexity index is 2840. The third-order valence-electron chi connectivity index (χ3n) is 9.70. The maximum atomic E-state index is 6.70. The van der Waals surface area contributed by atoms with Gasteiger partial charge in [-0.1, -0.05) is 152 Å². The van der Waals surface area contributed by atoms with Crippen molar-refractivity contribution in [1.29, 1.82) is 0 Å². The highest BCUT2D eigenvalue weighted by Crippen LogP contribution is 2.43. The molecule has 0 amide bonds. The van der Waals surface area contributed by atoms with Gasteiger partial charge < -0.3 is 4.42 Å². The van der Waals surface area contributed by atoms with Gasteiger partial charge >= 0.3 is 0 Å². The Balaban J connectivity index is 1.23. The molecule has 0 saturated heterocycles. The molecule has 0 saturated carbocycles. The summed E-state index contributed by atoms with van der Waals surface area (Å²) in [5.41, 5.74) is 9.08. The van der Waals surface area contributed by atoms with E-state index in [1.807, 2.05) is 72.8 Å². The van der Waals surface area contributed by atoms with Crippen molar-refractivity contribution in [3.05, 3.63) is 176 Å². The van der Waals surface area contributed by atoms with Gasteiger partial charge in [-0.2, -0.15) is 0 Å². The monoisotopic (exact) mass is 651 g/mol. The molecule has 10 rings (SSSR count). The van der Waals surface area contributed by atoms with E-state index in [1.54, 1.807) is 0 Å². The Kier molecular flexibility index (Phi) is 6.78. The zero-order valence-corrected chi connectivity index (χ0v) is 27.5. The van der Waals surface area contributed by atoms with E-state index in [2.05, 4.69) is 103 Å². The molecule has 0 N–H and O–H groups in total. The number of aromatic nitrogens is 3. The Morgan fingerprint density at radius 1 is 0.333 bits per heavy atom. The minimum Gasteiger partial charge on any atom is -0.455 e. The van der Waals surface area contributed by atoms with Crippen LogP contribution in [0.25, 0.3) is 99.9 Å². The van der Waals surface area contributed by atoms with E-state index in [-0.39, 0.29) is 0 Å². The van der Waals surface area contributed by atoms with Gasteiger partial charge in [0.1, 0.15) is 11.2 Å². The summed E-state index contributed by atoms with van der Waals surface area (Å²) in [6.45, 7) is 0. The molecule has 0 unspecified atom stereocenters. The number of nitrogens with zero attached hydrogens (tertiary/aromatic N) is 3. The van der Waals surface area contributed by atoms with Gasteiger partial charge in [0.05, 0.1) is 0 Å². The topological polar surface area (TPSA) is 51.8 Å². The summed E-state index contributed by atoms with van der Waals surface area (Å²) in [7, 11) is 0. The maximum Gasteiger partial charge on any atom is 0.164 e. The van der Waals surface area contributed by atoms with Gasteiger partial charge in [0.25, 0.3) is 0 Å². The third kappa shape index (κ3) is 5.04. The molecule has 2 heterocycles. The Hall–Kier alpha value is -6.91. The van der Waals surface area contributed by atoms with Crippen molar-refractivity contribution in [1.82, 2.24) is 15.0 Å². The normalized spacial score (nSPS) is 11.5. The fourth-order valence-electron chi connectivity index (χ4n) is 7.22. The van der Waals surface area contributed by atoms with Crippen molar-refractivity contribution in [3.8, 4) is 56.4 Å². The van der Waals surface area contributed by atoms with E-state index >= 15 is 0 Å². The van der Waals surface area contributed by atoms with Crippen LogP contribution in [0.5, 0.6) is 0 Å². The Morgan fingerprint density at radius 2 is 0.882 bits per heavy atom. The summed E-state index contributed by atoms with van der Waals surface area (Å²) >= 11 is 0. The van der Waals surface area contributed by atoms with Crippen LogP contribution in [0.3, 0.4) is 0 Å². The number of fused-ring (bicyclic) bond motifs is 6. The van der Waals surface area contributed by atoms with Crippen LogP contribution in [-0.2, 0) is 0 Å². The number of furan rings is 1. The Morgan fingerprint density at radius 3 is 1.57 bits per heavy atom. The van der Waals surface area contributed by atoms with Gasteiger partial charge in [0.15, 0.2) is 17.5 Å². The lowest BCUT2D eigenvalue weighted by Crippen LogP contribution is -2.00. The zero-order valence-electron chi connectivity index (χ0n) is 27.5. The van der Waals surface area contributed by atoms with Crippen LogP contribution >= 0.6 is 0 Å². The van der Waals surface area contributed by atoms with E-state index < -0.39 is 0 Å². The fraction of sp³-hybridized carbons (Fsp3) is 0. The fourth-order valence-corrected chi connectivity index (χ4v) is 7.22. The Labute approximate surface area is 294 Å². The predicted molar refractivity (Wildman–Crippen MR) is 209 cm³/mol. The lowest BCUT2D eigenvalue weighted by molar-refractivity contribution is 0.672. The van der Waals surface area contributed by atoms with Gasteiger partial charge in [-0.25, -0.2) is 15.0 Å². The maximum absolute atomic E-state index is 6.70. The molecule has 0 bridgehead atoms. The standard InChI is InChI=1S/C47H29N3O/c1-4-13-30(14-5-1)33-23-24-35-28-36(26-25-34(35)27-33)37-20-12-21-38-40(37)29-41(43-39-19-10-11-22-42(39)51-44(38)43)47-49-45(31-15-6-2-7-16-31)48-46(50-47)32-17-8-3-9-18-32/h1-29H. The highest BCUT2D eigenvalue weighted by Gasteiger charge is 2.21. The summed E-state index contributed by atoms with van der Waals surface area (Å²) in [6, 6.07) is 61.1. The van der Waals surface area contributed by atoms with Gasteiger partial charge in [-0.15, -0.1) is 0 Å². The number of rotatable bonds is 5. The highest BCUT2D eigenvalue weighted by atomic mass is 16.3. The lowest BCUT2D eigenvalue weighted by Gasteiger charge is -2.13. The number of para-hydroxylation sites is 1. The molecule has 10 aromatic rings. The second-order valence-corrected chi connectivity index (χ2v) is 12.8. The quantitative estimate of drug-likeness (QED) is 0.186. The summed E-state index contributed by atoms with van der Waals surface area (Å²) < 4.78 is 6.70. The molecule has 4 heteroatoms. The SMILES string of the molecule is c1ccc(-c2ccc3cc(-c4cccc5c4cc(-c4nc(-c6ccccc6)nc(-c6ccccc6)n4)c4c6ccccc6oc54)ccc3c2)cc1. The van der Waals surface area contributed by atoms with Crippen LogP contribution in [0.15, 0.2) is 180 Å². The number of benzene rings is 8. The lowest BCUT2D eigenvalue weighted by atomic mass is 9.92. The van der Waals surface area contributed by atoms with Gasteiger partial charge in [0, 0.05) is 32.8 Å². The van der Waals surface area contributed by atoms with Crippen molar-refractivity contribution in [2.45, 2.75) is 0 Å². The second-order valence-electron chi connectivity index (χ2n) is 12.8. The smallest absolute Gasteiger partial charge is 0.164 e. The summed E-state index contributed by atoms with van der Waals surface area (Å²) in [4.78, 5) is 15.3. The van der Waals surface area contributed by atoms with Crippen LogP contribution in [0.4, 0.5) is 0 Å².